The van der Waals surface area contributed by atoms with Crippen molar-refractivity contribution in [3.63, 3.8) is 0 Å². The SMILES string of the molecule is C[N+](C)(O)CCCCC(=O)CCCCCCC/C=C/CCCCCCCC(=O)NCCC[N+](C)(C)O. The van der Waals surface area contributed by atoms with Gasteiger partial charge in [-0.1, -0.05) is 50.7 Å². The number of rotatable bonds is 25. The lowest BCUT2D eigenvalue weighted by Crippen LogP contribution is -2.38. The summed E-state index contributed by atoms with van der Waals surface area (Å²) in [6, 6.07) is 0. The summed E-state index contributed by atoms with van der Waals surface area (Å²) in [7, 11) is 6.99. The molecule has 0 atom stereocenters. The number of carbonyl (C=O) groups is 2. The lowest BCUT2D eigenvalue weighted by atomic mass is 10.0. The average molecular weight is 514 g/mol. The third-order valence-corrected chi connectivity index (χ3v) is 6.38. The van der Waals surface area contributed by atoms with Gasteiger partial charge in [-0.05, 0) is 51.4 Å². The third kappa shape index (κ3) is 29.0. The van der Waals surface area contributed by atoms with Crippen LogP contribution in [0, 0.1) is 0 Å². The topological polar surface area (TPSA) is 86.6 Å². The number of allylic oxidation sites excluding steroid dienone is 2. The van der Waals surface area contributed by atoms with Crippen molar-refractivity contribution in [2.45, 2.75) is 116 Å². The molecule has 0 saturated heterocycles. The molecule has 212 valence electrons. The number of carbonyl (C=O) groups excluding carboxylic acids is 2. The zero-order valence-electron chi connectivity index (χ0n) is 24.1. The smallest absolute Gasteiger partial charge is 0.219 e. The van der Waals surface area contributed by atoms with E-state index in [1.807, 2.05) is 0 Å². The molecule has 0 unspecified atom stereocenters. The second-order valence-electron chi connectivity index (χ2n) is 11.5. The minimum absolute atomic E-state index is 0.0148. The molecule has 0 aromatic carbocycles. The molecule has 0 spiro atoms. The van der Waals surface area contributed by atoms with Gasteiger partial charge in [-0.25, -0.2) is 10.4 Å². The summed E-state index contributed by atoms with van der Waals surface area (Å²) in [4.78, 5) is 23.7. The van der Waals surface area contributed by atoms with Crippen LogP contribution in [0.4, 0.5) is 0 Å². The summed E-state index contributed by atoms with van der Waals surface area (Å²) in [5.74, 6) is 0.504. The number of unbranched alkanes of at least 4 members (excludes halogenated alkanes) is 11. The van der Waals surface area contributed by atoms with Gasteiger partial charge in [0.2, 0.25) is 5.91 Å². The number of amides is 1. The van der Waals surface area contributed by atoms with Gasteiger partial charge in [-0.15, -0.1) is 0 Å². The summed E-state index contributed by atoms with van der Waals surface area (Å²) in [5, 5.41) is 22.1. The number of nitrogens with zero attached hydrogens (tertiary/aromatic N) is 2. The zero-order chi connectivity index (χ0) is 27.1. The molecule has 1 amide bonds. The molecule has 7 heteroatoms. The standard InChI is InChI=1S/C29H58N3O4/c1-31(2,35)26-20-19-23-28(33)22-17-15-13-11-9-7-5-6-8-10-12-14-16-18-24-29(34)30-25-21-27-32(3,4)36/h5-6,35-36H,7-27H2,1-4H3/q+1/p+1/b6-5+. The molecule has 0 aliphatic carbocycles. The van der Waals surface area contributed by atoms with E-state index in [0.29, 0.717) is 44.7 Å². The largest absolute Gasteiger partial charge is 0.356 e. The van der Waals surface area contributed by atoms with Crippen molar-refractivity contribution < 1.29 is 29.3 Å². The van der Waals surface area contributed by atoms with E-state index in [0.717, 1.165) is 57.8 Å². The monoisotopic (exact) mass is 513 g/mol. The number of ketones is 1. The highest BCUT2D eigenvalue weighted by Crippen LogP contribution is 2.11. The maximum absolute atomic E-state index is 11.9. The fraction of sp³-hybridized carbons (Fsp3) is 0.862. The maximum Gasteiger partial charge on any atom is 0.219 e. The Morgan fingerprint density at radius 1 is 0.583 bits per heavy atom. The van der Waals surface area contributed by atoms with Crippen LogP contribution in [0.2, 0.25) is 0 Å². The van der Waals surface area contributed by atoms with Gasteiger partial charge in [0.15, 0.2) is 0 Å². The fourth-order valence-corrected chi connectivity index (χ4v) is 4.16. The Bertz CT molecular complexity index is 530. The summed E-state index contributed by atoms with van der Waals surface area (Å²) in [6.45, 7) is 1.99. The molecule has 0 fully saturated rings. The molecule has 36 heavy (non-hydrogen) atoms. The van der Waals surface area contributed by atoms with Crippen molar-refractivity contribution >= 4 is 11.7 Å². The van der Waals surface area contributed by atoms with Gasteiger partial charge in [0.25, 0.3) is 0 Å². The van der Waals surface area contributed by atoms with Crippen molar-refractivity contribution in [1.29, 1.82) is 0 Å². The Morgan fingerprint density at radius 2 is 1.00 bits per heavy atom. The van der Waals surface area contributed by atoms with Gasteiger partial charge in [-0.2, -0.15) is 9.29 Å². The highest BCUT2D eigenvalue weighted by molar-refractivity contribution is 5.78. The Labute approximate surface area is 222 Å². The molecule has 0 aromatic heterocycles. The van der Waals surface area contributed by atoms with E-state index >= 15 is 0 Å². The first-order valence-electron chi connectivity index (χ1n) is 14.5. The summed E-state index contributed by atoms with van der Waals surface area (Å²) in [5.41, 5.74) is 0. The van der Waals surface area contributed by atoms with Crippen LogP contribution in [0.3, 0.4) is 0 Å². The van der Waals surface area contributed by atoms with E-state index in [-0.39, 0.29) is 15.2 Å². The zero-order valence-corrected chi connectivity index (χ0v) is 24.1. The van der Waals surface area contributed by atoms with Gasteiger partial charge >= 0.3 is 0 Å². The molecule has 0 rings (SSSR count). The molecule has 0 aliphatic rings. The van der Waals surface area contributed by atoms with Crippen molar-refractivity contribution in [1.82, 2.24) is 5.32 Å². The lowest BCUT2D eigenvalue weighted by molar-refractivity contribution is -1.07. The molecule has 3 N–H and O–H groups in total. The highest BCUT2D eigenvalue weighted by Gasteiger charge is 2.11. The minimum atomic E-state index is -0.0531. The summed E-state index contributed by atoms with van der Waals surface area (Å²) in [6.07, 6.45) is 23.1. The summed E-state index contributed by atoms with van der Waals surface area (Å²) >= 11 is 0. The van der Waals surface area contributed by atoms with Crippen molar-refractivity contribution in [2.24, 2.45) is 0 Å². The second kappa shape index (κ2) is 21.8. The van der Waals surface area contributed by atoms with Crippen molar-refractivity contribution in [3.8, 4) is 0 Å². The number of hydrogen-bond donors (Lipinski definition) is 3. The van der Waals surface area contributed by atoms with Crippen LogP contribution in [0.25, 0.3) is 0 Å². The molecule has 0 heterocycles. The molecular weight excluding hydrogens is 454 g/mol. The van der Waals surface area contributed by atoms with Gasteiger partial charge in [-0.3, -0.25) is 9.59 Å². The lowest BCUT2D eigenvalue weighted by Gasteiger charge is -2.19. The Balaban J connectivity index is 3.34. The quantitative estimate of drug-likeness (QED) is 0.0589. The van der Waals surface area contributed by atoms with Crippen LogP contribution >= 0.6 is 0 Å². The number of hydrogen-bond acceptors (Lipinski definition) is 4. The third-order valence-electron chi connectivity index (χ3n) is 6.38. The molecule has 7 nitrogen and oxygen atoms in total. The van der Waals surface area contributed by atoms with Crippen LogP contribution < -0.4 is 5.32 Å². The summed E-state index contributed by atoms with van der Waals surface area (Å²) < 4.78 is -0.0678. The first kappa shape index (κ1) is 34.7. The minimum Gasteiger partial charge on any atom is -0.356 e. The van der Waals surface area contributed by atoms with E-state index < -0.39 is 0 Å². The molecule has 0 radical (unpaired) electrons. The number of hydroxylamine groups is 6. The first-order chi connectivity index (χ1) is 17.0. The number of Topliss-reactive ketones (excluding diaryl/α,β-unsaturated/α-hetero) is 1. The predicted octanol–water partition coefficient (Wildman–Crippen LogP) is 6.18. The van der Waals surface area contributed by atoms with Crippen LogP contribution in [0.15, 0.2) is 12.2 Å². The van der Waals surface area contributed by atoms with Crippen LogP contribution in [0.5, 0.6) is 0 Å². The number of quaternary nitrogens is 2. The Hall–Kier alpha value is -1.28. The second-order valence-corrected chi connectivity index (χ2v) is 11.5. The van der Waals surface area contributed by atoms with E-state index in [2.05, 4.69) is 17.5 Å². The molecule has 0 aliphatic heterocycles. The average Bonchev–Trinajstić information content (AvgIpc) is 2.78. The first-order valence-corrected chi connectivity index (χ1v) is 14.5. The van der Waals surface area contributed by atoms with E-state index in [1.165, 1.54) is 38.5 Å². The molecule has 0 aromatic rings. The highest BCUT2D eigenvalue weighted by atomic mass is 16.5. The van der Waals surface area contributed by atoms with E-state index in [4.69, 9.17) is 0 Å². The van der Waals surface area contributed by atoms with Crippen LogP contribution in [-0.4, -0.2) is 79.2 Å². The number of nitrogens with one attached hydrogen (secondary N) is 1. The van der Waals surface area contributed by atoms with Crippen LogP contribution in [-0.2, 0) is 9.59 Å². The predicted molar refractivity (Wildman–Crippen MR) is 148 cm³/mol. The Kier molecular flexibility index (Phi) is 21.0. The van der Waals surface area contributed by atoms with Gasteiger partial charge in [0.1, 0.15) is 18.9 Å². The van der Waals surface area contributed by atoms with Crippen LogP contribution in [0.1, 0.15) is 116 Å². The van der Waals surface area contributed by atoms with Gasteiger partial charge < -0.3 is 5.32 Å². The van der Waals surface area contributed by atoms with Crippen molar-refractivity contribution in [2.75, 3.05) is 47.8 Å². The molecule has 0 bridgehead atoms. The van der Waals surface area contributed by atoms with Crippen molar-refractivity contribution in [3.05, 3.63) is 12.2 Å². The van der Waals surface area contributed by atoms with E-state index in [1.54, 1.807) is 28.2 Å². The maximum atomic E-state index is 11.9. The van der Waals surface area contributed by atoms with Gasteiger partial charge in [0, 0.05) is 32.2 Å². The normalized spacial score (nSPS) is 12.4. The molecule has 0 saturated carbocycles. The fourth-order valence-electron chi connectivity index (χ4n) is 4.16. The molecular formula is C29H59N3O4+2. The van der Waals surface area contributed by atoms with E-state index in [9.17, 15) is 20.0 Å². The Morgan fingerprint density at radius 3 is 1.53 bits per heavy atom. The van der Waals surface area contributed by atoms with Gasteiger partial charge in [0.05, 0.1) is 28.2 Å².